The SMILES string of the molecule is NC(=O)OCCNc1ncc(C(=O)O)s1. The molecule has 1 heterocycles. The van der Waals surface area contributed by atoms with Crippen LogP contribution >= 0.6 is 11.3 Å². The summed E-state index contributed by atoms with van der Waals surface area (Å²) >= 11 is 1.01. The van der Waals surface area contributed by atoms with E-state index < -0.39 is 12.1 Å². The van der Waals surface area contributed by atoms with Crippen LogP contribution in [0.5, 0.6) is 0 Å². The van der Waals surface area contributed by atoms with E-state index >= 15 is 0 Å². The lowest BCUT2D eigenvalue weighted by atomic mass is 10.6. The number of carbonyl (C=O) groups excluding carboxylic acids is 1. The van der Waals surface area contributed by atoms with Gasteiger partial charge in [0.25, 0.3) is 0 Å². The van der Waals surface area contributed by atoms with E-state index in [-0.39, 0.29) is 11.5 Å². The maximum atomic E-state index is 10.5. The van der Waals surface area contributed by atoms with Crippen LogP contribution in [0.2, 0.25) is 0 Å². The number of aromatic carboxylic acids is 1. The van der Waals surface area contributed by atoms with Crippen LogP contribution < -0.4 is 11.1 Å². The van der Waals surface area contributed by atoms with Gasteiger partial charge in [0.1, 0.15) is 11.5 Å². The molecule has 0 radical (unpaired) electrons. The number of rotatable bonds is 5. The smallest absolute Gasteiger partial charge is 0.404 e. The van der Waals surface area contributed by atoms with Gasteiger partial charge >= 0.3 is 12.1 Å². The van der Waals surface area contributed by atoms with Crippen LogP contribution in [0.15, 0.2) is 6.20 Å². The van der Waals surface area contributed by atoms with Crippen LogP contribution in [-0.4, -0.2) is 35.3 Å². The van der Waals surface area contributed by atoms with Crippen molar-refractivity contribution in [2.75, 3.05) is 18.5 Å². The molecule has 1 rings (SSSR count). The number of carboxylic acid groups (broad SMARTS) is 1. The van der Waals surface area contributed by atoms with Crippen molar-refractivity contribution in [2.45, 2.75) is 0 Å². The topological polar surface area (TPSA) is 115 Å². The zero-order valence-corrected chi connectivity index (χ0v) is 8.41. The molecule has 0 saturated heterocycles. The molecule has 0 atom stereocenters. The number of carbonyl (C=O) groups is 2. The largest absolute Gasteiger partial charge is 0.477 e. The molecular formula is C7H9N3O4S. The summed E-state index contributed by atoms with van der Waals surface area (Å²) in [6, 6.07) is 0. The Balaban J connectivity index is 2.31. The predicted octanol–water partition coefficient (Wildman–Crippen LogP) is 0.348. The van der Waals surface area contributed by atoms with Gasteiger partial charge in [-0.25, -0.2) is 14.6 Å². The molecule has 0 saturated carbocycles. The average molecular weight is 231 g/mol. The molecule has 8 heteroatoms. The summed E-state index contributed by atoms with van der Waals surface area (Å²) in [6.45, 7) is 0.437. The van der Waals surface area contributed by atoms with Gasteiger partial charge in [-0.1, -0.05) is 11.3 Å². The van der Waals surface area contributed by atoms with Gasteiger partial charge in [0, 0.05) is 0 Å². The van der Waals surface area contributed by atoms with Crippen molar-refractivity contribution in [1.82, 2.24) is 4.98 Å². The Morgan fingerprint density at radius 3 is 2.93 bits per heavy atom. The van der Waals surface area contributed by atoms with Crippen molar-refractivity contribution in [1.29, 1.82) is 0 Å². The highest BCUT2D eigenvalue weighted by molar-refractivity contribution is 7.17. The number of nitrogens with zero attached hydrogens (tertiary/aromatic N) is 1. The number of nitrogens with two attached hydrogens (primary N) is 1. The van der Waals surface area contributed by atoms with Crippen molar-refractivity contribution in [3.63, 3.8) is 0 Å². The first kappa shape index (κ1) is 11.2. The monoisotopic (exact) mass is 231 g/mol. The molecule has 82 valence electrons. The molecule has 1 aromatic rings. The van der Waals surface area contributed by atoms with Gasteiger partial charge in [-0.05, 0) is 0 Å². The fourth-order valence-electron chi connectivity index (χ4n) is 0.764. The quantitative estimate of drug-likeness (QED) is 0.630. The summed E-state index contributed by atoms with van der Waals surface area (Å²) in [5.41, 5.74) is 4.74. The number of hydrogen-bond acceptors (Lipinski definition) is 6. The highest BCUT2D eigenvalue weighted by Crippen LogP contribution is 2.17. The molecule has 0 aliphatic rings. The zero-order valence-electron chi connectivity index (χ0n) is 7.60. The number of hydrogen-bond donors (Lipinski definition) is 3. The lowest BCUT2D eigenvalue weighted by Crippen LogP contribution is -2.18. The van der Waals surface area contributed by atoms with Crippen LogP contribution in [0.25, 0.3) is 0 Å². The Labute approximate surface area is 88.9 Å². The number of nitrogens with one attached hydrogen (secondary N) is 1. The Hall–Kier alpha value is -1.83. The molecule has 4 N–H and O–H groups in total. The lowest BCUT2D eigenvalue weighted by Gasteiger charge is -2.01. The van der Waals surface area contributed by atoms with Crippen molar-refractivity contribution >= 4 is 28.5 Å². The van der Waals surface area contributed by atoms with Crippen LogP contribution in [0.4, 0.5) is 9.93 Å². The second kappa shape index (κ2) is 5.15. The van der Waals surface area contributed by atoms with Crippen molar-refractivity contribution in [2.24, 2.45) is 5.73 Å². The molecule has 1 amide bonds. The molecule has 15 heavy (non-hydrogen) atoms. The Morgan fingerprint density at radius 2 is 2.40 bits per heavy atom. The Kier molecular flexibility index (Phi) is 3.86. The standard InChI is InChI=1S/C7H9N3O4S/c8-6(13)14-2-1-9-7-10-3-4(15-7)5(11)12/h3H,1-2H2,(H2,8,13)(H,9,10)(H,11,12). The number of thiazole rings is 1. The Bertz CT molecular complexity index is 365. The van der Waals surface area contributed by atoms with E-state index in [1.165, 1.54) is 6.20 Å². The molecule has 0 fully saturated rings. The van der Waals surface area contributed by atoms with E-state index in [0.717, 1.165) is 11.3 Å². The first-order chi connectivity index (χ1) is 7.09. The van der Waals surface area contributed by atoms with Gasteiger partial charge in [0.2, 0.25) is 0 Å². The third-order valence-corrected chi connectivity index (χ3v) is 2.28. The Morgan fingerprint density at radius 1 is 1.67 bits per heavy atom. The summed E-state index contributed by atoms with van der Waals surface area (Å²) in [7, 11) is 0. The molecule has 1 aromatic heterocycles. The minimum atomic E-state index is -1.02. The van der Waals surface area contributed by atoms with Crippen molar-refractivity contribution < 1.29 is 19.4 Å². The zero-order chi connectivity index (χ0) is 11.3. The van der Waals surface area contributed by atoms with E-state index in [4.69, 9.17) is 10.8 Å². The molecule has 0 unspecified atom stereocenters. The van der Waals surface area contributed by atoms with E-state index in [1.54, 1.807) is 0 Å². The van der Waals surface area contributed by atoms with Gasteiger partial charge in [-0.3, -0.25) is 0 Å². The number of primary amides is 1. The molecule has 0 aliphatic heterocycles. The van der Waals surface area contributed by atoms with Crippen molar-refractivity contribution in [3.8, 4) is 0 Å². The van der Waals surface area contributed by atoms with Gasteiger partial charge in [-0.2, -0.15) is 0 Å². The first-order valence-electron chi connectivity index (χ1n) is 3.95. The summed E-state index contributed by atoms with van der Waals surface area (Å²) in [5.74, 6) is -1.02. The van der Waals surface area contributed by atoms with Crippen LogP contribution in [0.1, 0.15) is 9.67 Å². The maximum Gasteiger partial charge on any atom is 0.404 e. The lowest BCUT2D eigenvalue weighted by molar-refractivity contribution is 0.0702. The summed E-state index contributed by atoms with van der Waals surface area (Å²) in [6.07, 6.45) is 0.409. The van der Waals surface area contributed by atoms with Crippen LogP contribution in [-0.2, 0) is 4.74 Å². The van der Waals surface area contributed by atoms with Gasteiger partial charge in [-0.15, -0.1) is 0 Å². The number of amides is 1. The number of ether oxygens (including phenoxy) is 1. The predicted molar refractivity (Wildman–Crippen MR) is 53.1 cm³/mol. The fraction of sp³-hybridized carbons (Fsp3) is 0.286. The summed E-state index contributed by atoms with van der Waals surface area (Å²) < 4.78 is 4.45. The minimum absolute atomic E-state index is 0.108. The normalized spacial score (nSPS) is 9.60. The van der Waals surface area contributed by atoms with Crippen molar-refractivity contribution in [3.05, 3.63) is 11.1 Å². The van der Waals surface area contributed by atoms with Gasteiger partial charge in [0.15, 0.2) is 5.13 Å². The van der Waals surface area contributed by atoms with Gasteiger partial charge in [0.05, 0.1) is 12.7 Å². The third-order valence-electron chi connectivity index (χ3n) is 1.34. The van der Waals surface area contributed by atoms with E-state index in [9.17, 15) is 9.59 Å². The van der Waals surface area contributed by atoms with Gasteiger partial charge < -0.3 is 20.9 Å². The molecule has 7 nitrogen and oxygen atoms in total. The number of aromatic nitrogens is 1. The molecule has 0 bridgehead atoms. The van der Waals surface area contributed by atoms with E-state index in [2.05, 4.69) is 15.0 Å². The van der Waals surface area contributed by atoms with Crippen LogP contribution in [0, 0.1) is 0 Å². The average Bonchev–Trinajstić information content (AvgIpc) is 2.60. The highest BCUT2D eigenvalue weighted by atomic mass is 32.1. The molecule has 0 aliphatic carbocycles. The summed E-state index contributed by atoms with van der Waals surface area (Å²) in [4.78, 5) is 24.6. The van der Waals surface area contributed by atoms with E-state index in [0.29, 0.717) is 11.7 Å². The molecular weight excluding hydrogens is 222 g/mol. The summed E-state index contributed by atoms with van der Waals surface area (Å²) in [5, 5.41) is 11.8. The molecule has 0 aromatic carbocycles. The number of carboxylic acids is 1. The molecule has 0 spiro atoms. The second-order valence-electron chi connectivity index (χ2n) is 2.43. The number of anilines is 1. The minimum Gasteiger partial charge on any atom is -0.477 e. The second-order valence-corrected chi connectivity index (χ2v) is 3.46. The third kappa shape index (κ3) is 3.81. The maximum absolute atomic E-state index is 10.5. The fourth-order valence-corrected chi connectivity index (χ4v) is 1.44. The first-order valence-corrected chi connectivity index (χ1v) is 4.76. The van der Waals surface area contributed by atoms with E-state index in [1.807, 2.05) is 0 Å². The highest BCUT2D eigenvalue weighted by Gasteiger charge is 2.07. The van der Waals surface area contributed by atoms with Crippen LogP contribution in [0.3, 0.4) is 0 Å².